The van der Waals surface area contributed by atoms with Crippen molar-refractivity contribution >= 4 is 51.9 Å². The Kier molecular flexibility index (Phi) is 3.82. The van der Waals surface area contributed by atoms with Gasteiger partial charge in [-0.05, 0) is 30.3 Å². The smallest absolute Gasteiger partial charge is 0.270 e. The van der Waals surface area contributed by atoms with Crippen molar-refractivity contribution < 1.29 is 9.59 Å². The third kappa shape index (κ3) is 2.56. The lowest BCUT2D eigenvalue weighted by molar-refractivity contribution is -0.113. The first-order chi connectivity index (χ1) is 10.6. The van der Waals surface area contributed by atoms with E-state index >= 15 is 0 Å². The molecule has 1 aliphatic rings. The Bertz CT molecular complexity index is 797. The van der Waals surface area contributed by atoms with Crippen LogP contribution in [0.25, 0.3) is 6.08 Å². The highest BCUT2D eigenvalue weighted by Gasteiger charge is 2.35. The van der Waals surface area contributed by atoms with Gasteiger partial charge in [-0.25, -0.2) is 0 Å². The molecule has 2 amide bonds. The molecule has 5 nitrogen and oxygen atoms in total. The number of nitrogens with two attached hydrogens (primary N) is 1. The monoisotopic (exact) mass is 329 g/mol. The molecule has 0 spiro atoms. The second-order valence-corrected chi connectivity index (χ2v) is 6.20. The van der Waals surface area contributed by atoms with E-state index < -0.39 is 5.91 Å². The van der Waals surface area contributed by atoms with E-state index in [-0.39, 0.29) is 11.5 Å². The van der Waals surface area contributed by atoms with Crippen LogP contribution in [-0.2, 0) is 4.79 Å². The average molecular weight is 329 g/mol. The summed E-state index contributed by atoms with van der Waals surface area (Å²) in [6.07, 6.45) is 3.50. The fraction of sp³-hybridized carbons (Fsp3) is 0. The van der Waals surface area contributed by atoms with Crippen molar-refractivity contribution in [3.63, 3.8) is 0 Å². The Morgan fingerprint density at radius 1 is 1.27 bits per heavy atom. The number of anilines is 1. The molecular formula is C15H11N3O2S2. The maximum absolute atomic E-state index is 12.6. The van der Waals surface area contributed by atoms with E-state index in [1.807, 2.05) is 12.1 Å². The van der Waals surface area contributed by atoms with Crippen molar-refractivity contribution in [2.75, 3.05) is 4.90 Å². The van der Waals surface area contributed by atoms with Gasteiger partial charge in [0.2, 0.25) is 0 Å². The van der Waals surface area contributed by atoms with Crippen LogP contribution in [0.5, 0.6) is 0 Å². The normalized spacial score (nSPS) is 16.5. The molecule has 1 aliphatic heterocycles. The molecular weight excluding hydrogens is 318 g/mol. The van der Waals surface area contributed by atoms with E-state index in [4.69, 9.17) is 18.0 Å². The van der Waals surface area contributed by atoms with Crippen molar-refractivity contribution in [1.29, 1.82) is 0 Å². The number of carbonyl (C=O) groups is 2. The number of amides is 2. The van der Waals surface area contributed by atoms with Gasteiger partial charge >= 0.3 is 0 Å². The number of carbonyl (C=O) groups excluding carboxylic acids is 2. The van der Waals surface area contributed by atoms with Gasteiger partial charge in [0, 0.05) is 11.9 Å². The minimum absolute atomic E-state index is 0.264. The van der Waals surface area contributed by atoms with Gasteiger partial charge in [0.05, 0.1) is 16.2 Å². The van der Waals surface area contributed by atoms with Crippen LogP contribution < -0.4 is 10.6 Å². The zero-order chi connectivity index (χ0) is 15.7. The molecule has 110 valence electrons. The summed E-state index contributed by atoms with van der Waals surface area (Å²) in [5, 5.41) is 0. The van der Waals surface area contributed by atoms with E-state index in [9.17, 15) is 9.59 Å². The standard InChI is InChI=1S/C15H11N3O2S2/c16-13(19)10-5-1-2-6-11(10)18-14(20)12(22-15(18)21)8-9-4-3-7-17-9/h1-8,17H,(H2,16,19)/b12-8+. The molecule has 0 bridgehead atoms. The number of H-pyrrole nitrogens is 1. The van der Waals surface area contributed by atoms with Crippen LogP contribution in [0.2, 0.25) is 0 Å². The van der Waals surface area contributed by atoms with Crippen LogP contribution in [0.15, 0.2) is 47.5 Å². The average Bonchev–Trinajstić information content (AvgIpc) is 3.08. The van der Waals surface area contributed by atoms with Crippen LogP contribution in [-0.4, -0.2) is 21.1 Å². The zero-order valence-corrected chi connectivity index (χ0v) is 12.9. The number of aromatic amines is 1. The summed E-state index contributed by atoms with van der Waals surface area (Å²) in [5.74, 6) is -0.865. The van der Waals surface area contributed by atoms with E-state index in [2.05, 4.69) is 4.98 Å². The first-order valence-corrected chi connectivity index (χ1v) is 7.60. The Hall–Kier alpha value is -2.38. The van der Waals surface area contributed by atoms with Crippen molar-refractivity contribution in [3.8, 4) is 0 Å². The SMILES string of the molecule is NC(=O)c1ccccc1N1C(=O)/C(=C\c2ccc[nH]2)SC1=S. The summed E-state index contributed by atoms with van der Waals surface area (Å²) in [6, 6.07) is 10.3. The minimum Gasteiger partial charge on any atom is -0.366 e. The van der Waals surface area contributed by atoms with Crippen molar-refractivity contribution in [2.24, 2.45) is 5.73 Å². The first-order valence-electron chi connectivity index (χ1n) is 6.38. The number of aromatic nitrogens is 1. The Morgan fingerprint density at radius 3 is 2.73 bits per heavy atom. The molecule has 2 aromatic rings. The first kappa shape index (κ1) is 14.6. The van der Waals surface area contributed by atoms with Gasteiger partial charge in [-0.15, -0.1) is 0 Å². The number of hydrogen-bond acceptors (Lipinski definition) is 4. The Morgan fingerprint density at radius 2 is 2.05 bits per heavy atom. The lowest BCUT2D eigenvalue weighted by Crippen LogP contribution is -2.30. The van der Waals surface area contributed by atoms with Crippen molar-refractivity contribution in [3.05, 3.63) is 58.8 Å². The minimum atomic E-state index is -0.599. The van der Waals surface area contributed by atoms with Gasteiger partial charge in [-0.1, -0.05) is 36.1 Å². The van der Waals surface area contributed by atoms with Crippen LogP contribution in [0.1, 0.15) is 16.1 Å². The summed E-state index contributed by atoms with van der Waals surface area (Å²) >= 11 is 6.48. The lowest BCUT2D eigenvalue weighted by atomic mass is 10.1. The number of rotatable bonds is 3. The number of thiocarbonyl (C=S) groups is 1. The summed E-state index contributed by atoms with van der Waals surface area (Å²) in [7, 11) is 0. The molecule has 1 aromatic heterocycles. The van der Waals surface area contributed by atoms with E-state index in [0.717, 1.165) is 5.69 Å². The molecule has 0 unspecified atom stereocenters. The van der Waals surface area contributed by atoms with Crippen LogP contribution >= 0.6 is 24.0 Å². The highest BCUT2D eigenvalue weighted by Crippen LogP contribution is 2.37. The number of nitrogens with zero attached hydrogens (tertiary/aromatic N) is 1. The Labute approximate surface area is 136 Å². The summed E-state index contributed by atoms with van der Waals surface area (Å²) in [6.45, 7) is 0. The van der Waals surface area contributed by atoms with Crippen LogP contribution in [0.3, 0.4) is 0 Å². The van der Waals surface area contributed by atoms with Gasteiger partial charge in [0.25, 0.3) is 11.8 Å². The largest absolute Gasteiger partial charge is 0.366 e. The van der Waals surface area contributed by atoms with Gasteiger partial charge < -0.3 is 10.7 Å². The molecule has 3 rings (SSSR count). The fourth-order valence-electron chi connectivity index (χ4n) is 2.13. The van der Waals surface area contributed by atoms with Crippen LogP contribution in [0.4, 0.5) is 5.69 Å². The van der Waals surface area contributed by atoms with E-state index in [1.54, 1.807) is 36.5 Å². The molecule has 1 aromatic carbocycles. The molecule has 3 N–H and O–H groups in total. The summed E-state index contributed by atoms with van der Waals surface area (Å²) in [5.41, 5.74) is 6.85. The van der Waals surface area contributed by atoms with Crippen molar-refractivity contribution in [1.82, 2.24) is 4.98 Å². The van der Waals surface area contributed by atoms with Gasteiger partial charge in [0.1, 0.15) is 0 Å². The number of primary amides is 1. The van der Waals surface area contributed by atoms with Crippen molar-refractivity contribution in [2.45, 2.75) is 0 Å². The molecule has 0 atom stereocenters. The molecule has 22 heavy (non-hydrogen) atoms. The third-order valence-electron chi connectivity index (χ3n) is 3.11. The fourth-order valence-corrected chi connectivity index (χ4v) is 3.40. The van der Waals surface area contributed by atoms with Crippen LogP contribution in [0, 0.1) is 0 Å². The third-order valence-corrected chi connectivity index (χ3v) is 4.41. The molecule has 1 fully saturated rings. The summed E-state index contributed by atoms with van der Waals surface area (Å²) < 4.78 is 0.372. The highest BCUT2D eigenvalue weighted by molar-refractivity contribution is 8.27. The maximum atomic E-state index is 12.6. The van der Waals surface area contributed by atoms with E-state index in [0.29, 0.717) is 14.9 Å². The topological polar surface area (TPSA) is 79.2 Å². The molecule has 2 heterocycles. The predicted molar refractivity (Wildman–Crippen MR) is 91.4 cm³/mol. The lowest BCUT2D eigenvalue weighted by Gasteiger charge is -2.17. The number of benzene rings is 1. The quantitative estimate of drug-likeness (QED) is 0.670. The molecule has 0 aliphatic carbocycles. The number of para-hydroxylation sites is 1. The second-order valence-electron chi connectivity index (χ2n) is 4.52. The predicted octanol–water partition coefficient (Wildman–Crippen LogP) is 2.52. The highest BCUT2D eigenvalue weighted by atomic mass is 32.2. The maximum Gasteiger partial charge on any atom is 0.270 e. The molecule has 0 radical (unpaired) electrons. The Balaban J connectivity index is 2.01. The zero-order valence-electron chi connectivity index (χ0n) is 11.3. The van der Waals surface area contributed by atoms with Gasteiger partial charge in [-0.2, -0.15) is 0 Å². The second kappa shape index (κ2) is 5.78. The molecule has 0 saturated carbocycles. The molecule has 7 heteroatoms. The van der Waals surface area contributed by atoms with Gasteiger partial charge in [-0.3, -0.25) is 14.5 Å². The van der Waals surface area contributed by atoms with E-state index in [1.165, 1.54) is 16.7 Å². The van der Waals surface area contributed by atoms with Gasteiger partial charge in [0.15, 0.2) is 4.32 Å². The number of thioether (sulfide) groups is 1. The summed E-state index contributed by atoms with van der Waals surface area (Å²) in [4.78, 5) is 29.0. The molecule has 1 saturated heterocycles. The number of nitrogens with one attached hydrogen (secondary N) is 1. The number of hydrogen-bond donors (Lipinski definition) is 2.